The summed E-state index contributed by atoms with van der Waals surface area (Å²) in [4.78, 5) is 17.1. The number of thioether (sulfide) groups is 1. The minimum absolute atomic E-state index is 0.0563. The Bertz CT molecular complexity index is 422. The summed E-state index contributed by atoms with van der Waals surface area (Å²) in [6.45, 7) is 0.138. The Hall–Kier alpha value is -1.07. The molecule has 1 aliphatic carbocycles. The third kappa shape index (κ3) is 5.67. The van der Waals surface area contributed by atoms with Crippen molar-refractivity contribution in [1.82, 2.24) is 10.3 Å². The number of nitrogens with one attached hydrogen (secondary N) is 1. The molecular weight excluding hydrogens is 284 g/mol. The minimum atomic E-state index is 0.0563. The van der Waals surface area contributed by atoms with Crippen LogP contribution in [0.2, 0.25) is 0 Å². The highest BCUT2D eigenvalue weighted by molar-refractivity contribution is 8.00. The first-order chi connectivity index (χ1) is 10.3. The van der Waals surface area contributed by atoms with E-state index in [4.69, 9.17) is 0 Å². The molecule has 1 atom stereocenters. The molecule has 0 aromatic carbocycles. The van der Waals surface area contributed by atoms with Gasteiger partial charge in [-0.05, 0) is 37.3 Å². The molecule has 1 amide bonds. The number of carbonyl (C=O) groups is 1. The number of aliphatic hydroxyl groups is 1. The summed E-state index contributed by atoms with van der Waals surface area (Å²) in [5.74, 6) is 1.00. The molecule has 1 heterocycles. The predicted molar refractivity (Wildman–Crippen MR) is 85.2 cm³/mol. The van der Waals surface area contributed by atoms with Crippen molar-refractivity contribution in [1.29, 1.82) is 0 Å². The van der Waals surface area contributed by atoms with E-state index in [1.54, 1.807) is 12.4 Å². The predicted octanol–water partition coefficient (Wildman–Crippen LogP) is 2.62. The van der Waals surface area contributed by atoms with Crippen LogP contribution in [0.15, 0.2) is 29.4 Å². The van der Waals surface area contributed by atoms with Crippen LogP contribution in [0.25, 0.3) is 0 Å². The van der Waals surface area contributed by atoms with Gasteiger partial charge in [0, 0.05) is 29.9 Å². The lowest BCUT2D eigenvalue weighted by molar-refractivity contribution is -0.119. The first-order valence-corrected chi connectivity index (χ1v) is 8.71. The van der Waals surface area contributed by atoms with Crippen LogP contribution >= 0.6 is 11.8 Å². The lowest BCUT2D eigenvalue weighted by atomic mass is 9.83. The quantitative estimate of drug-likeness (QED) is 0.760. The van der Waals surface area contributed by atoms with Gasteiger partial charge in [0.2, 0.25) is 5.91 Å². The van der Waals surface area contributed by atoms with Crippen LogP contribution in [0.3, 0.4) is 0 Å². The standard InChI is InChI=1S/C16H24N2O2S/c19-11-8-15(13-4-2-1-3-5-13)18-16(20)12-21-14-6-9-17-10-7-14/h6-7,9-10,13,15,19H,1-5,8,11-12H2,(H,18,20). The number of aliphatic hydroxyl groups excluding tert-OH is 1. The number of aromatic nitrogens is 1. The van der Waals surface area contributed by atoms with Gasteiger partial charge in [0.1, 0.15) is 0 Å². The Kier molecular flexibility index (Phi) is 7.03. The average Bonchev–Trinajstić information content (AvgIpc) is 2.54. The van der Waals surface area contributed by atoms with Crippen LogP contribution in [0.5, 0.6) is 0 Å². The molecule has 2 rings (SSSR count). The number of carbonyl (C=O) groups excluding carboxylic acids is 1. The summed E-state index contributed by atoms with van der Waals surface area (Å²) < 4.78 is 0. The molecule has 4 nitrogen and oxygen atoms in total. The molecule has 0 radical (unpaired) electrons. The maximum Gasteiger partial charge on any atom is 0.230 e. The normalized spacial score (nSPS) is 17.4. The van der Waals surface area contributed by atoms with E-state index >= 15 is 0 Å². The summed E-state index contributed by atoms with van der Waals surface area (Å²) in [7, 11) is 0. The zero-order chi connectivity index (χ0) is 14.9. The maximum absolute atomic E-state index is 12.1. The van der Waals surface area contributed by atoms with E-state index in [0.29, 0.717) is 18.1 Å². The second-order valence-corrected chi connectivity index (χ2v) is 6.60. The van der Waals surface area contributed by atoms with Crippen molar-refractivity contribution in [3.8, 4) is 0 Å². The Morgan fingerprint density at radius 2 is 2.05 bits per heavy atom. The van der Waals surface area contributed by atoms with Gasteiger partial charge in [0.15, 0.2) is 0 Å². The molecule has 1 fully saturated rings. The average molecular weight is 308 g/mol. The van der Waals surface area contributed by atoms with Crippen LogP contribution in [-0.4, -0.2) is 34.4 Å². The largest absolute Gasteiger partial charge is 0.396 e. The molecule has 2 N–H and O–H groups in total. The molecular formula is C16H24N2O2S. The fourth-order valence-corrected chi connectivity index (χ4v) is 3.63. The fourth-order valence-electron chi connectivity index (χ4n) is 2.93. The molecule has 5 heteroatoms. The fraction of sp³-hybridized carbons (Fsp3) is 0.625. The number of hydrogen-bond donors (Lipinski definition) is 2. The highest BCUT2D eigenvalue weighted by Gasteiger charge is 2.24. The number of hydrogen-bond acceptors (Lipinski definition) is 4. The van der Waals surface area contributed by atoms with Gasteiger partial charge < -0.3 is 10.4 Å². The van der Waals surface area contributed by atoms with Gasteiger partial charge in [-0.1, -0.05) is 19.3 Å². The molecule has 21 heavy (non-hydrogen) atoms. The molecule has 0 saturated heterocycles. The van der Waals surface area contributed by atoms with Crippen molar-refractivity contribution >= 4 is 17.7 Å². The van der Waals surface area contributed by atoms with E-state index in [2.05, 4.69) is 10.3 Å². The van der Waals surface area contributed by atoms with Gasteiger partial charge in [-0.25, -0.2) is 0 Å². The van der Waals surface area contributed by atoms with Crippen LogP contribution in [0.1, 0.15) is 38.5 Å². The number of rotatable bonds is 7. The van der Waals surface area contributed by atoms with E-state index < -0.39 is 0 Å². The van der Waals surface area contributed by atoms with Gasteiger partial charge in [0.05, 0.1) is 5.75 Å². The Morgan fingerprint density at radius 1 is 1.33 bits per heavy atom. The second-order valence-electron chi connectivity index (χ2n) is 5.56. The molecule has 1 saturated carbocycles. The molecule has 1 aromatic rings. The molecule has 0 bridgehead atoms. The monoisotopic (exact) mass is 308 g/mol. The zero-order valence-electron chi connectivity index (χ0n) is 12.3. The number of nitrogens with zero attached hydrogens (tertiary/aromatic N) is 1. The number of amides is 1. The topological polar surface area (TPSA) is 62.2 Å². The van der Waals surface area contributed by atoms with Crippen molar-refractivity contribution in [3.05, 3.63) is 24.5 Å². The van der Waals surface area contributed by atoms with Crippen LogP contribution in [0, 0.1) is 5.92 Å². The summed E-state index contributed by atoms with van der Waals surface area (Å²) in [5.41, 5.74) is 0. The molecule has 0 spiro atoms. The van der Waals surface area contributed by atoms with E-state index in [1.165, 1.54) is 43.9 Å². The third-order valence-electron chi connectivity index (χ3n) is 4.03. The Labute approximate surface area is 130 Å². The smallest absolute Gasteiger partial charge is 0.230 e. The highest BCUT2D eigenvalue weighted by Crippen LogP contribution is 2.28. The highest BCUT2D eigenvalue weighted by atomic mass is 32.2. The Balaban J connectivity index is 1.80. The van der Waals surface area contributed by atoms with Gasteiger partial charge in [-0.3, -0.25) is 9.78 Å². The van der Waals surface area contributed by atoms with Gasteiger partial charge in [0.25, 0.3) is 0 Å². The van der Waals surface area contributed by atoms with Crippen molar-refractivity contribution in [3.63, 3.8) is 0 Å². The van der Waals surface area contributed by atoms with E-state index in [9.17, 15) is 9.90 Å². The second kappa shape index (κ2) is 9.05. The zero-order valence-corrected chi connectivity index (χ0v) is 13.1. The van der Waals surface area contributed by atoms with Crippen LogP contribution in [-0.2, 0) is 4.79 Å². The SMILES string of the molecule is O=C(CSc1ccncc1)NC(CCO)C1CCCCC1. The lowest BCUT2D eigenvalue weighted by Crippen LogP contribution is -2.42. The third-order valence-corrected chi connectivity index (χ3v) is 5.04. The van der Waals surface area contributed by atoms with Crippen molar-refractivity contribution in [2.24, 2.45) is 5.92 Å². The van der Waals surface area contributed by atoms with Gasteiger partial charge in [-0.15, -0.1) is 11.8 Å². The lowest BCUT2D eigenvalue weighted by Gasteiger charge is -2.30. The summed E-state index contributed by atoms with van der Waals surface area (Å²) in [6, 6.07) is 3.94. The molecule has 1 unspecified atom stereocenters. The number of pyridine rings is 1. The summed E-state index contributed by atoms with van der Waals surface area (Å²) in [6.07, 6.45) is 10.3. The van der Waals surface area contributed by atoms with E-state index in [-0.39, 0.29) is 18.6 Å². The van der Waals surface area contributed by atoms with Crippen molar-refractivity contribution in [2.45, 2.75) is 49.5 Å². The van der Waals surface area contributed by atoms with E-state index in [1.807, 2.05) is 12.1 Å². The van der Waals surface area contributed by atoms with E-state index in [0.717, 1.165) is 4.90 Å². The van der Waals surface area contributed by atoms with Crippen LogP contribution < -0.4 is 5.32 Å². The molecule has 116 valence electrons. The summed E-state index contributed by atoms with van der Waals surface area (Å²) in [5, 5.41) is 12.3. The Morgan fingerprint density at radius 3 is 2.71 bits per heavy atom. The van der Waals surface area contributed by atoms with Crippen molar-refractivity contribution in [2.75, 3.05) is 12.4 Å². The first kappa shape index (κ1) is 16.3. The molecule has 1 aromatic heterocycles. The molecule has 0 aliphatic heterocycles. The molecule has 1 aliphatic rings. The maximum atomic E-state index is 12.1. The first-order valence-electron chi connectivity index (χ1n) is 7.72. The minimum Gasteiger partial charge on any atom is -0.396 e. The van der Waals surface area contributed by atoms with Gasteiger partial charge >= 0.3 is 0 Å². The van der Waals surface area contributed by atoms with Crippen LogP contribution in [0.4, 0.5) is 0 Å². The summed E-state index contributed by atoms with van der Waals surface area (Å²) >= 11 is 1.52. The van der Waals surface area contributed by atoms with Crippen molar-refractivity contribution < 1.29 is 9.90 Å². The van der Waals surface area contributed by atoms with Gasteiger partial charge in [-0.2, -0.15) is 0 Å².